The Morgan fingerprint density at radius 2 is 1.81 bits per heavy atom. The van der Waals surface area contributed by atoms with Gasteiger partial charge in [0.15, 0.2) is 0 Å². The Hall–Kier alpha value is -3.08. The first kappa shape index (κ1) is 12.9. The van der Waals surface area contributed by atoms with Crippen LogP contribution < -0.4 is 15.9 Å². The highest BCUT2D eigenvalue weighted by molar-refractivity contribution is 5.95. The zero-order chi connectivity index (χ0) is 14.8. The molecule has 0 aliphatic carbocycles. The Morgan fingerprint density at radius 3 is 2.52 bits per heavy atom. The summed E-state index contributed by atoms with van der Waals surface area (Å²) < 4.78 is 10.9. The lowest BCUT2D eigenvalue weighted by molar-refractivity contribution is 0.0997. The first-order valence-corrected chi connectivity index (χ1v) is 6.23. The predicted octanol–water partition coefficient (Wildman–Crippen LogP) is 2.68. The minimum Gasteiger partial charge on any atom is -0.463 e. The van der Waals surface area contributed by atoms with Crippen LogP contribution in [0, 0.1) is 0 Å². The fraction of sp³-hybridized carbons (Fsp3) is 0. The summed E-state index contributed by atoms with van der Waals surface area (Å²) in [7, 11) is 0. The molecule has 0 atom stereocenters. The van der Waals surface area contributed by atoms with Crippen LogP contribution in [0.1, 0.15) is 10.4 Å². The average molecular weight is 281 g/mol. The molecule has 21 heavy (non-hydrogen) atoms. The first-order valence-electron chi connectivity index (χ1n) is 6.23. The number of amides is 1. The van der Waals surface area contributed by atoms with Gasteiger partial charge < -0.3 is 14.9 Å². The van der Waals surface area contributed by atoms with E-state index in [-0.39, 0.29) is 10.9 Å². The molecule has 2 aromatic carbocycles. The van der Waals surface area contributed by atoms with Gasteiger partial charge in [0.1, 0.15) is 28.9 Å². The van der Waals surface area contributed by atoms with E-state index in [1.54, 1.807) is 24.3 Å². The number of para-hydroxylation sites is 1. The van der Waals surface area contributed by atoms with E-state index in [1.807, 2.05) is 18.2 Å². The number of ether oxygens (including phenoxy) is 1. The standard InChI is InChI=1S/C16H11NO4/c17-16(19)13-9-20-14-7-6-11(8-12(14)15(13)18)21-10-4-2-1-3-5-10/h1-9H,(H2,17,19). The average Bonchev–Trinajstić information content (AvgIpc) is 2.49. The fourth-order valence-corrected chi connectivity index (χ4v) is 1.97. The van der Waals surface area contributed by atoms with Gasteiger partial charge in [0, 0.05) is 0 Å². The minimum absolute atomic E-state index is 0.181. The Morgan fingerprint density at radius 1 is 1.05 bits per heavy atom. The van der Waals surface area contributed by atoms with Gasteiger partial charge >= 0.3 is 0 Å². The van der Waals surface area contributed by atoms with Crippen molar-refractivity contribution in [1.29, 1.82) is 0 Å². The quantitative estimate of drug-likeness (QED) is 0.800. The predicted molar refractivity (Wildman–Crippen MR) is 77.5 cm³/mol. The molecule has 3 rings (SSSR count). The number of hydrogen-bond donors (Lipinski definition) is 1. The molecule has 0 bridgehead atoms. The summed E-state index contributed by atoms with van der Waals surface area (Å²) in [5.74, 6) is 0.301. The highest BCUT2D eigenvalue weighted by atomic mass is 16.5. The van der Waals surface area contributed by atoms with E-state index in [0.717, 1.165) is 6.26 Å². The van der Waals surface area contributed by atoms with Gasteiger partial charge in [-0.1, -0.05) is 18.2 Å². The van der Waals surface area contributed by atoms with Gasteiger partial charge in [-0.25, -0.2) is 0 Å². The maximum atomic E-state index is 12.2. The molecule has 0 aliphatic rings. The first-order chi connectivity index (χ1) is 10.1. The Kier molecular flexibility index (Phi) is 3.16. The van der Waals surface area contributed by atoms with Crippen LogP contribution in [0.4, 0.5) is 0 Å². The monoisotopic (exact) mass is 281 g/mol. The zero-order valence-corrected chi connectivity index (χ0v) is 10.9. The molecule has 1 aromatic heterocycles. The van der Waals surface area contributed by atoms with E-state index < -0.39 is 11.3 Å². The van der Waals surface area contributed by atoms with E-state index in [4.69, 9.17) is 14.9 Å². The smallest absolute Gasteiger partial charge is 0.255 e. The van der Waals surface area contributed by atoms with E-state index >= 15 is 0 Å². The SMILES string of the molecule is NC(=O)c1coc2ccc(Oc3ccccc3)cc2c1=O. The van der Waals surface area contributed by atoms with Crippen LogP contribution in [0.3, 0.4) is 0 Å². The van der Waals surface area contributed by atoms with Crippen molar-refractivity contribution in [2.75, 3.05) is 0 Å². The normalized spacial score (nSPS) is 10.5. The molecule has 3 aromatic rings. The molecule has 1 heterocycles. The largest absolute Gasteiger partial charge is 0.463 e. The molecular formula is C16H11NO4. The molecule has 2 N–H and O–H groups in total. The lowest BCUT2D eigenvalue weighted by Crippen LogP contribution is -2.21. The summed E-state index contributed by atoms with van der Waals surface area (Å²) in [4.78, 5) is 23.3. The van der Waals surface area contributed by atoms with E-state index in [0.29, 0.717) is 17.1 Å². The number of carbonyl (C=O) groups is 1. The van der Waals surface area contributed by atoms with Gasteiger partial charge in [-0.15, -0.1) is 0 Å². The second-order valence-electron chi connectivity index (χ2n) is 4.42. The molecule has 0 fully saturated rings. The van der Waals surface area contributed by atoms with E-state index in [9.17, 15) is 9.59 Å². The minimum atomic E-state index is -0.819. The molecule has 5 heteroatoms. The molecule has 0 spiro atoms. The number of carbonyl (C=O) groups excluding carboxylic acids is 1. The Labute approximate surface area is 119 Å². The third-order valence-corrected chi connectivity index (χ3v) is 2.99. The molecule has 104 valence electrons. The van der Waals surface area contributed by atoms with Gasteiger partial charge in [-0.3, -0.25) is 9.59 Å². The molecule has 0 aliphatic heterocycles. The van der Waals surface area contributed by atoms with E-state index in [1.165, 1.54) is 6.07 Å². The van der Waals surface area contributed by atoms with Crippen LogP contribution in [0.25, 0.3) is 11.0 Å². The third kappa shape index (κ3) is 2.49. The van der Waals surface area contributed by atoms with Crippen LogP contribution in [-0.2, 0) is 0 Å². The van der Waals surface area contributed by atoms with Crippen LogP contribution in [-0.4, -0.2) is 5.91 Å². The summed E-state index contributed by atoms with van der Waals surface area (Å²) >= 11 is 0. The third-order valence-electron chi connectivity index (χ3n) is 2.99. The summed E-state index contributed by atoms with van der Waals surface area (Å²) in [5.41, 5.74) is 4.85. The number of fused-ring (bicyclic) bond motifs is 1. The second kappa shape index (κ2) is 5.13. The maximum Gasteiger partial charge on any atom is 0.255 e. The maximum absolute atomic E-state index is 12.2. The van der Waals surface area contributed by atoms with Gasteiger partial charge in [0.05, 0.1) is 5.39 Å². The summed E-state index contributed by atoms with van der Waals surface area (Å²) in [6.45, 7) is 0. The Bertz CT molecular complexity index is 868. The van der Waals surface area contributed by atoms with Crippen LogP contribution in [0.2, 0.25) is 0 Å². The van der Waals surface area contributed by atoms with Gasteiger partial charge in [-0.2, -0.15) is 0 Å². The van der Waals surface area contributed by atoms with E-state index in [2.05, 4.69) is 0 Å². The molecule has 0 unspecified atom stereocenters. The number of benzene rings is 2. The van der Waals surface area contributed by atoms with Crippen molar-refractivity contribution in [1.82, 2.24) is 0 Å². The van der Waals surface area contributed by atoms with Gasteiger partial charge in [0.25, 0.3) is 5.91 Å². The van der Waals surface area contributed by atoms with Crippen molar-refractivity contribution in [2.45, 2.75) is 0 Å². The van der Waals surface area contributed by atoms with Gasteiger partial charge in [-0.05, 0) is 30.3 Å². The molecule has 0 radical (unpaired) electrons. The molecule has 5 nitrogen and oxygen atoms in total. The molecule has 0 saturated carbocycles. The Balaban J connectivity index is 2.08. The van der Waals surface area contributed by atoms with Crippen molar-refractivity contribution in [2.24, 2.45) is 5.73 Å². The fourth-order valence-electron chi connectivity index (χ4n) is 1.97. The zero-order valence-electron chi connectivity index (χ0n) is 10.9. The highest BCUT2D eigenvalue weighted by Crippen LogP contribution is 2.24. The van der Waals surface area contributed by atoms with Crippen LogP contribution in [0.5, 0.6) is 11.5 Å². The van der Waals surface area contributed by atoms with Crippen molar-refractivity contribution in [3.05, 3.63) is 70.6 Å². The number of hydrogen-bond acceptors (Lipinski definition) is 4. The van der Waals surface area contributed by atoms with Crippen molar-refractivity contribution < 1.29 is 13.9 Å². The summed E-state index contributed by atoms with van der Waals surface area (Å²) in [5, 5.41) is 0.250. The van der Waals surface area contributed by atoms with Crippen LogP contribution in [0.15, 0.2) is 64.0 Å². The number of rotatable bonds is 3. The summed E-state index contributed by atoms with van der Waals surface area (Å²) in [6, 6.07) is 14.0. The lowest BCUT2D eigenvalue weighted by atomic mass is 10.1. The van der Waals surface area contributed by atoms with Crippen molar-refractivity contribution >= 4 is 16.9 Å². The second-order valence-corrected chi connectivity index (χ2v) is 4.42. The number of nitrogens with two attached hydrogens (primary N) is 1. The topological polar surface area (TPSA) is 82.5 Å². The lowest BCUT2D eigenvalue weighted by Gasteiger charge is -2.06. The van der Waals surface area contributed by atoms with Gasteiger partial charge in [0.2, 0.25) is 5.43 Å². The molecular weight excluding hydrogens is 270 g/mol. The van der Waals surface area contributed by atoms with Crippen LogP contribution >= 0.6 is 0 Å². The highest BCUT2D eigenvalue weighted by Gasteiger charge is 2.12. The molecule has 0 saturated heterocycles. The number of primary amides is 1. The summed E-state index contributed by atoms with van der Waals surface area (Å²) in [6.07, 6.45) is 1.07. The molecule has 1 amide bonds. The van der Waals surface area contributed by atoms with Crippen molar-refractivity contribution in [3.8, 4) is 11.5 Å². The van der Waals surface area contributed by atoms with Crippen molar-refractivity contribution in [3.63, 3.8) is 0 Å².